The van der Waals surface area contributed by atoms with Crippen LogP contribution in [0.25, 0.3) is 0 Å². The van der Waals surface area contributed by atoms with Crippen molar-refractivity contribution in [2.45, 2.75) is 32.1 Å². The van der Waals surface area contributed by atoms with E-state index in [-0.39, 0.29) is 22.8 Å². The SMILES string of the molecule is COc1ccc(N=Nc2ccc(OCCC[Si](C)(C)C)cc2O)c([N+](=O)[O-])c1. The lowest BCUT2D eigenvalue weighted by Gasteiger charge is -2.15. The fourth-order valence-corrected chi connectivity index (χ4v) is 3.64. The highest BCUT2D eigenvalue weighted by Gasteiger charge is 2.15. The first-order valence-corrected chi connectivity index (χ1v) is 12.6. The Hall–Kier alpha value is -2.94. The normalized spacial score (nSPS) is 11.6. The molecule has 0 atom stereocenters. The maximum absolute atomic E-state index is 11.2. The zero-order valence-corrected chi connectivity index (χ0v) is 17.5. The molecule has 0 fully saturated rings. The molecule has 0 unspecified atom stereocenters. The van der Waals surface area contributed by atoms with Gasteiger partial charge in [-0.1, -0.05) is 25.7 Å². The number of aromatic hydroxyl groups is 1. The van der Waals surface area contributed by atoms with Gasteiger partial charge in [-0.2, -0.15) is 0 Å². The van der Waals surface area contributed by atoms with Gasteiger partial charge in [-0.25, -0.2) is 0 Å². The Morgan fingerprint density at radius 1 is 1.07 bits per heavy atom. The number of benzene rings is 2. The first kappa shape index (κ1) is 21.4. The highest BCUT2D eigenvalue weighted by atomic mass is 28.3. The highest BCUT2D eigenvalue weighted by molar-refractivity contribution is 6.76. The number of phenols is 1. The molecule has 0 bridgehead atoms. The zero-order valence-electron chi connectivity index (χ0n) is 16.5. The van der Waals surface area contributed by atoms with Gasteiger partial charge < -0.3 is 14.6 Å². The lowest BCUT2D eigenvalue weighted by molar-refractivity contribution is -0.384. The molecule has 0 heterocycles. The van der Waals surface area contributed by atoms with Crippen molar-refractivity contribution < 1.29 is 19.5 Å². The maximum atomic E-state index is 11.2. The van der Waals surface area contributed by atoms with E-state index in [0.29, 0.717) is 18.1 Å². The Morgan fingerprint density at radius 3 is 2.32 bits per heavy atom. The third-order valence-electron chi connectivity index (χ3n) is 3.93. The van der Waals surface area contributed by atoms with Crippen LogP contribution in [0.1, 0.15) is 6.42 Å². The van der Waals surface area contributed by atoms with Crippen LogP contribution in [0.4, 0.5) is 17.1 Å². The van der Waals surface area contributed by atoms with Crippen LogP contribution in [0.15, 0.2) is 46.6 Å². The first-order chi connectivity index (χ1) is 13.2. The summed E-state index contributed by atoms with van der Waals surface area (Å²) < 4.78 is 10.6. The van der Waals surface area contributed by atoms with Gasteiger partial charge in [-0.05, 0) is 30.7 Å². The zero-order chi connectivity index (χ0) is 20.7. The van der Waals surface area contributed by atoms with Crippen LogP contribution < -0.4 is 9.47 Å². The Morgan fingerprint density at radius 2 is 1.71 bits per heavy atom. The van der Waals surface area contributed by atoms with E-state index in [2.05, 4.69) is 29.9 Å². The van der Waals surface area contributed by atoms with Crippen LogP contribution in [-0.4, -0.2) is 31.8 Å². The van der Waals surface area contributed by atoms with Gasteiger partial charge in [-0.3, -0.25) is 10.1 Å². The lowest BCUT2D eigenvalue weighted by Crippen LogP contribution is -2.19. The topological polar surface area (TPSA) is 107 Å². The molecule has 2 rings (SSSR count). The molecule has 150 valence electrons. The number of hydrogen-bond donors (Lipinski definition) is 1. The van der Waals surface area contributed by atoms with E-state index in [1.165, 1.54) is 31.4 Å². The van der Waals surface area contributed by atoms with E-state index < -0.39 is 13.0 Å². The summed E-state index contributed by atoms with van der Waals surface area (Å²) in [5, 5.41) is 29.1. The summed E-state index contributed by atoms with van der Waals surface area (Å²) in [6.07, 6.45) is 0.971. The number of hydrogen-bond acceptors (Lipinski definition) is 7. The van der Waals surface area contributed by atoms with Gasteiger partial charge in [-0.15, -0.1) is 10.2 Å². The molecule has 1 N–H and O–H groups in total. The van der Waals surface area contributed by atoms with Crippen molar-refractivity contribution in [3.63, 3.8) is 0 Å². The minimum absolute atomic E-state index is 0.0665. The van der Waals surface area contributed by atoms with E-state index in [9.17, 15) is 15.2 Å². The van der Waals surface area contributed by atoms with E-state index in [4.69, 9.17) is 9.47 Å². The average molecular weight is 404 g/mol. The monoisotopic (exact) mass is 403 g/mol. The molecule has 0 aliphatic heterocycles. The number of nitro groups is 1. The van der Waals surface area contributed by atoms with Crippen molar-refractivity contribution in [2.75, 3.05) is 13.7 Å². The predicted molar refractivity (Wildman–Crippen MR) is 110 cm³/mol. The van der Waals surface area contributed by atoms with Crippen molar-refractivity contribution in [2.24, 2.45) is 10.2 Å². The Bertz CT molecular complexity index is 865. The molecule has 0 radical (unpaired) electrons. The highest BCUT2D eigenvalue weighted by Crippen LogP contribution is 2.35. The third-order valence-corrected chi connectivity index (χ3v) is 5.79. The number of nitro benzene ring substituents is 1. The fraction of sp³-hybridized carbons (Fsp3) is 0.368. The molecule has 0 aliphatic rings. The van der Waals surface area contributed by atoms with Crippen LogP contribution in [-0.2, 0) is 0 Å². The molecule has 28 heavy (non-hydrogen) atoms. The van der Waals surface area contributed by atoms with E-state index in [1.807, 2.05) is 0 Å². The second-order valence-electron chi connectivity index (χ2n) is 7.47. The van der Waals surface area contributed by atoms with E-state index in [1.54, 1.807) is 18.2 Å². The summed E-state index contributed by atoms with van der Waals surface area (Å²) in [5.74, 6) is 0.786. The van der Waals surface area contributed by atoms with Gasteiger partial charge in [0.25, 0.3) is 5.69 Å². The van der Waals surface area contributed by atoms with Crippen molar-refractivity contribution in [3.05, 3.63) is 46.5 Å². The minimum Gasteiger partial charge on any atom is -0.505 e. The number of methoxy groups -OCH3 is 1. The molecule has 9 heteroatoms. The fourth-order valence-electron chi connectivity index (χ4n) is 2.44. The Balaban J connectivity index is 2.08. The summed E-state index contributed by atoms with van der Waals surface area (Å²) in [6.45, 7) is 7.52. The summed E-state index contributed by atoms with van der Waals surface area (Å²) in [4.78, 5) is 10.6. The maximum Gasteiger partial charge on any atom is 0.300 e. The standard InChI is InChI=1S/C19H25N3O5Si/c1-26-14-6-8-16(18(12-14)22(24)25)20-21-17-9-7-15(13-19(17)23)27-10-5-11-28(2,3)4/h6-9,12-13,23H,5,10-11H2,1-4H3. The Labute approximate surface area is 165 Å². The Kier molecular flexibility index (Phi) is 7.10. The number of rotatable bonds is 9. The van der Waals surface area contributed by atoms with Gasteiger partial charge in [0.15, 0.2) is 5.69 Å². The van der Waals surface area contributed by atoms with E-state index >= 15 is 0 Å². The number of ether oxygens (including phenoxy) is 2. The molecule has 0 saturated heterocycles. The summed E-state index contributed by atoms with van der Waals surface area (Å²) in [6, 6.07) is 10.1. The van der Waals surface area contributed by atoms with Crippen LogP contribution >= 0.6 is 0 Å². The number of azo groups is 1. The molecule has 0 aliphatic carbocycles. The van der Waals surface area contributed by atoms with Crippen molar-refractivity contribution >= 4 is 25.1 Å². The molecule has 0 saturated carbocycles. The molecule has 0 amide bonds. The van der Waals surface area contributed by atoms with Gasteiger partial charge in [0.1, 0.15) is 22.9 Å². The summed E-state index contributed by atoms with van der Waals surface area (Å²) in [5.41, 5.74) is 0.0291. The van der Waals surface area contributed by atoms with Gasteiger partial charge >= 0.3 is 0 Å². The lowest BCUT2D eigenvalue weighted by atomic mass is 10.2. The molecule has 0 aromatic heterocycles. The van der Waals surface area contributed by atoms with Crippen LogP contribution in [0.3, 0.4) is 0 Å². The van der Waals surface area contributed by atoms with Gasteiger partial charge in [0, 0.05) is 14.1 Å². The number of nitrogens with zero attached hydrogens (tertiary/aromatic N) is 3. The summed E-state index contributed by atoms with van der Waals surface area (Å²) in [7, 11) is 0.334. The predicted octanol–water partition coefficient (Wildman–Crippen LogP) is 5.83. The summed E-state index contributed by atoms with van der Waals surface area (Å²) >= 11 is 0. The van der Waals surface area contributed by atoms with Crippen molar-refractivity contribution in [3.8, 4) is 17.2 Å². The quantitative estimate of drug-likeness (QED) is 0.186. The first-order valence-electron chi connectivity index (χ1n) is 8.89. The van der Waals surface area contributed by atoms with Crippen molar-refractivity contribution in [1.29, 1.82) is 0 Å². The third kappa shape index (κ3) is 6.34. The average Bonchev–Trinajstić information content (AvgIpc) is 2.63. The van der Waals surface area contributed by atoms with Gasteiger partial charge in [0.05, 0.1) is 24.7 Å². The second-order valence-corrected chi connectivity index (χ2v) is 13.1. The molecule has 2 aromatic carbocycles. The van der Waals surface area contributed by atoms with E-state index in [0.717, 1.165) is 6.42 Å². The molecule has 8 nitrogen and oxygen atoms in total. The van der Waals surface area contributed by atoms with Crippen molar-refractivity contribution in [1.82, 2.24) is 0 Å². The van der Waals surface area contributed by atoms with Crippen LogP contribution in [0.5, 0.6) is 17.2 Å². The molecule has 2 aromatic rings. The molecular weight excluding hydrogens is 378 g/mol. The number of phenolic OH excluding ortho intramolecular Hbond substituents is 1. The molecule has 0 spiro atoms. The minimum atomic E-state index is -1.09. The van der Waals surface area contributed by atoms with Gasteiger partial charge in [0.2, 0.25) is 0 Å². The van der Waals surface area contributed by atoms with Crippen LogP contribution in [0.2, 0.25) is 25.7 Å². The largest absolute Gasteiger partial charge is 0.505 e. The van der Waals surface area contributed by atoms with Crippen LogP contribution in [0, 0.1) is 10.1 Å². The second kappa shape index (κ2) is 9.31. The molecular formula is C19H25N3O5Si. The smallest absolute Gasteiger partial charge is 0.300 e.